The molecule has 0 bridgehead atoms. The summed E-state index contributed by atoms with van der Waals surface area (Å²) in [6.07, 6.45) is 1.82. The highest BCUT2D eigenvalue weighted by Gasteiger charge is 2.16. The summed E-state index contributed by atoms with van der Waals surface area (Å²) in [6.45, 7) is 3.72. The molecule has 1 radical (unpaired) electrons. The maximum absolute atomic E-state index is 11.6. The van der Waals surface area contributed by atoms with Gasteiger partial charge in [-0.1, -0.05) is 32.0 Å². The molecule has 1 aromatic carbocycles. The summed E-state index contributed by atoms with van der Waals surface area (Å²) in [4.78, 5) is 22.2. The van der Waals surface area contributed by atoms with Crippen LogP contribution in [0.1, 0.15) is 24.2 Å². The van der Waals surface area contributed by atoms with Crippen LogP contribution in [0.2, 0.25) is 0 Å². The Kier molecular flexibility index (Phi) is 4.03. The van der Waals surface area contributed by atoms with E-state index in [1.807, 2.05) is 26.2 Å². The molecule has 0 aliphatic rings. The Hall–Kier alpha value is -1.64. The molecule has 1 N–H and O–H groups in total. The van der Waals surface area contributed by atoms with Gasteiger partial charge in [0.15, 0.2) is 0 Å². The highest BCUT2D eigenvalue weighted by Crippen LogP contribution is 2.02. The van der Waals surface area contributed by atoms with Crippen LogP contribution in [0.15, 0.2) is 30.3 Å². The molecule has 3 heteroatoms. The van der Waals surface area contributed by atoms with Gasteiger partial charge in [-0.25, -0.2) is 0 Å². The smallest absolute Gasteiger partial charge is 0.251 e. The van der Waals surface area contributed by atoms with Crippen LogP contribution >= 0.6 is 0 Å². The van der Waals surface area contributed by atoms with Crippen molar-refractivity contribution in [1.82, 2.24) is 5.32 Å². The van der Waals surface area contributed by atoms with Gasteiger partial charge in [-0.2, -0.15) is 0 Å². The molecule has 0 saturated carbocycles. The molecule has 3 nitrogen and oxygen atoms in total. The number of benzene rings is 1. The quantitative estimate of drug-likeness (QED) is 0.808. The van der Waals surface area contributed by atoms with Gasteiger partial charge in [0.05, 0.1) is 6.04 Å². The van der Waals surface area contributed by atoms with E-state index in [2.05, 4.69) is 5.32 Å². The maximum atomic E-state index is 11.6. The molecule has 0 spiro atoms. The van der Waals surface area contributed by atoms with Crippen molar-refractivity contribution in [3.05, 3.63) is 35.9 Å². The number of nitrogens with one attached hydrogen (secondary N) is 1. The molecule has 1 aromatic rings. The lowest BCUT2D eigenvalue weighted by molar-refractivity contribution is 0.0939. The minimum atomic E-state index is -0.544. The van der Waals surface area contributed by atoms with Gasteiger partial charge in [-0.05, 0) is 18.1 Å². The second-order valence-corrected chi connectivity index (χ2v) is 3.68. The molecule has 1 amide bonds. The number of rotatable bonds is 4. The second-order valence-electron chi connectivity index (χ2n) is 3.68. The lowest BCUT2D eigenvalue weighted by Crippen LogP contribution is -2.39. The van der Waals surface area contributed by atoms with Gasteiger partial charge >= 0.3 is 0 Å². The van der Waals surface area contributed by atoms with E-state index in [0.29, 0.717) is 5.56 Å². The largest absolute Gasteiger partial charge is 0.341 e. The summed E-state index contributed by atoms with van der Waals surface area (Å²) >= 11 is 0. The lowest BCUT2D eigenvalue weighted by atomic mass is 10.1. The molecular formula is C12H14NO2. The fourth-order valence-corrected chi connectivity index (χ4v) is 1.15. The van der Waals surface area contributed by atoms with Crippen LogP contribution in [0.4, 0.5) is 0 Å². The summed E-state index contributed by atoms with van der Waals surface area (Å²) in [6, 6.07) is 8.27. The van der Waals surface area contributed by atoms with Gasteiger partial charge in [0, 0.05) is 5.56 Å². The summed E-state index contributed by atoms with van der Waals surface area (Å²) in [5.41, 5.74) is 0.554. The highest BCUT2D eigenvalue weighted by molar-refractivity contribution is 5.95. The zero-order valence-electron chi connectivity index (χ0n) is 8.86. The summed E-state index contributed by atoms with van der Waals surface area (Å²) < 4.78 is 0. The third-order valence-electron chi connectivity index (χ3n) is 2.12. The van der Waals surface area contributed by atoms with Crippen molar-refractivity contribution in [3.63, 3.8) is 0 Å². The summed E-state index contributed by atoms with van der Waals surface area (Å²) in [7, 11) is 0. The lowest BCUT2D eigenvalue weighted by Gasteiger charge is -2.15. The van der Waals surface area contributed by atoms with Crippen molar-refractivity contribution in [1.29, 1.82) is 0 Å². The normalized spacial score (nSPS) is 12.2. The fraction of sp³-hybridized carbons (Fsp3) is 0.333. The molecule has 0 saturated heterocycles. The van der Waals surface area contributed by atoms with E-state index in [1.54, 1.807) is 24.3 Å². The molecule has 0 aromatic heterocycles. The van der Waals surface area contributed by atoms with E-state index in [-0.39, 0.29) is 11.8 Å². The number of carbonyl (C=O) groups excluding carboxylic acids is 2. The topological polar surface area (TPSA) is 46.2 Å². The van der Waals surface area contributed by atoms with Crippen molar-refractivity contribution in [2.75, 3.05) is 0 Å². The van der Waals surface area contributed by atoms with Gasteiger partial charge < -0.3 is 5.32 Å². The van der Waals surface area contributed by atoms with Crippen molar-refractivity contribution in [2.24, 2.45) is 5.92 Å². The number of hydrogen-bond donors (Lipinski definition) is 1. The molecule has 1 rings (SSSR count). The van der Waals surface area contributed by atoms with Gasteiger partial charge in [0.1, 0.15) is 0 Å². The van der Waals surface area contributed by atoms with Crippen molar-refractivity contribution >= 4 is 12.2 Å². The minimum absolute atomic E-state index is 0.0511. The van der Waals surface area contributed by atoms with Crippen LogP contribution in [-0.4, -0.2) is 18.2 Å². The number of hydrogen-bond acceptors (Lipinski definition) is 2. The van der Waals surface area contributed by atoms with Crippen LogP contribution < -0.4 is 5.32 Å². The van der Waals surface area contributed by atoms with E-state index >= 15 is 0 Å². The van der Waals surface area contributed by atoms with Crippen LogP contribution in [0.3, 0.4) is 0 Å². The van der Waals surface area contributed by atoms with Gasteiger partial charge in [0.2, 0.25) is 6.29 Å². The average Bonchev–Trinajstić information content (AvgIpc) is 2.26. The Labute approximate surface area is 89.5 Å². The fourth-order valence-electron chi connectivity index (χ4n) is 1.15. The predicted molar refractivity (Wildman–Crippen MR) is 58.2 cm³/mol. The Balaban J connectivity index is 2.67. The van der Waals surface area contributed by atoms with E-state index in [0.717, 1.165) is 0 Å². The van der Waals surface area contributed by atoms with Crippen LogP contribution in [0, 0.1) is 5.92 Å². The Morgan fingerprint density at radius 1 is 1.27 bits per heavy atom. The minimum Gasteiger partial charge on any atom is -0.341 e. The van der Waals surface area contributed by atoms with Crippen LogP contribution in [0.5, 0.6) is 0 Å². The van der Waals surface area contributed by atoms with E-state index in [1.165, 1.54) is 0 Å². The summed E-state index contributed by atoms with van der Waals surface area (Å²) in [5, 5.41) is 2.62. The van der Waals surface area contributed by atoms with Gasteiger partial charge in [-0.15, -0.1) is 0 Å². The molecule has 0 heterocycles. The molecule has 0 fully saturated rings. The molecule has 0 aliphatic carbocycles. The van der Waals surface area contributed by atoms with Gasteiger partial charge in [0.25, 0.3) is 5.91 Å². The monoisotopic (exact) mass is 204 g/mol. The van der Waals surface area contributed by atoms with Crippen molar-refractivity contribution in [2.45, 2.75) is 19.9 Å². The van der Waals surface area contributed by atoms with Crippen LogP contribution in [-0.2, 0) is 4.79 Å². The first kappa shape index (κ1) is 11.4. The number of amides is 1. The van der Waals surface area contributed by atoms with Gasteiger partial charge in [-0.3, -0.25) is 9.59 Å². The Bertz CT molecular complexity index is 333. The van der Waals surface area contributed by atoms with Crippen LogP contribution in [0.25, 0.3) is 0 Å². The molecule has 0 unspecified atom stereocenters. The molecule has 15 heavy (non-hydrogen) atoms. The van der Waals surface area contributed by atoms with E-state index in [4.69, 9.17) is 0 Å². The van der Waals surface area contributed by atoms with E-state index < -0.39 is 6.04 Å². The SMILES string of the molecule is CC(C)[C@@H]([C]=O)NC(=O)c1ccccc1. The standard InChI is InChI=1S/C12H14NO2/c1-9(2)11(8-14)13-12(15)10-6-4-3-5-7-10/h3-7,9,11H,1-2H3,(H,13,15)/t11-/m1/s1. The first-order chi connectivity index (χ1) is 7.15. The Morgan fingerprint density at radius 2 is 1.87 bits per heavy atom. The first-order valence-electron chi connectivity index (χ1n) is 4.88. The maximum Gasteiger partial charge on any atom is 0.251 e. The molecule has 0 aliphatic heterocycles. The Morgan fingerprint density at radius 3 is 2.33 bits per heavy atom. The molecule has 79 valence electrons. The second kappa shape index (κ2) is 5.29. The zero-order valence-corrected chi connectivity index (χ0v) is 8.86. The third kappa shape index (κ3) is 3.20. The first-order valence-corrected chi connectivity index (χ1v) is 4.88. The summed E-state index contributed by atoms with van der Waals surface area (Å²) in [5.74, 6) is -0.187. The zero-order chi connectivity index (χ0) is 11.3. The average molecular weight is 204 g/mol. The predicted octanol–water partition coefficient (Wildman–Crippen LogP) is 1.55. The van der Waals surface area contributed by atoms with Crippen molar-refractivity contribution < 1.29 is 9.59 Å². The van der Waals surface area contributed by atoms with E-state index in [9.17, 15) is 9.59 Å². The van der Waals surface area contributed by atoms with Crippen molar-refractivity contribution in [3.8, 4) is 0 Å². The third-order valence-corrected chi connectivity index (χ3v) is 2.12. The number of carbonyl (C=O) groups is 1. The molecule has 1 atom stereocenters. The highest BCUT2D eigenvalue weighted by atomic mass is 16.2. The molecular weight excluding hydrogens is 190 g/mol.